The fraction of sp³-hybridized carbons (Fsp3) is 0.0545. The van der Waals surface area contributed by atoms with Crippen LogP contribution in [0.1, 0.15) is 25.0 Å². The van der Waals surface area contributed by atoms with Crippen LogP contribution in [0.25, 0.3) is 88.0 Å². The maximum absolute atomic E-state index is 7.10. The van der Waals surface area contributed by atoms with Crippen LogP contribution in [0.2, 0.25) is 0 Å². The molecule has 12 rings (SSSR count). The van der Waals surface area contributed by atoms with Gasteiger partial charge in [-0.3, -0.25) is 0 Å². The molecule has 0 radical (unpaired) electrons. The second kappa shape index (κ2) is 12.3. The van der Waals surface area contributed by atoms with Gasteiger partial charge in [0.15, 0.2) is 0 Å². The van der Waals surface area contributed by atoms with Crippen molar-refractivity contribution >= 4 is 71.7 Å². The van der Waals surface area contributed by atoms with Crippen molar-refractivity contribution in [3.8, 4) is 33.4 Å². The lowest BCUT2D eigenvalue weighted by Gasteiger charge is -2.30. The zero-order valence-corrected chi connectivity index (χ0v) is 32.2. The quantitative estimate of drug-likeness (QED) is 0.176. The SMILES string of the molecule is CC1(C)c2ccccc2-c2ccc(N(c3ccc(-c4ccccc4)cc3)c3ccc4c(oc5ccc6oc7ccccc7c6c54)c3-c3ccc4ccccc4c3)cc21. The number of benzene rings is 9. The molecule has 0 amide bonds. The monoisotopic (exact) mass is 743 g/mol. The van der Waals surface area contributed by atoms with Crippen LogP contribution in [0.5, 0.6) is 0 Å². The van der Waals surface area contributed by atoms with Crippen LogP contribution in [-0.2, 0) is 5.41 Å². The first-order chi connectivity index (χ1) is 28.5. The van der Waals surface area contributed by atoms with E-state index in [2.05, 4.69) is 189 Å². The highest BCUT2D eigenvalue weighted by Gasteiger charge is 2.36. The molecule has 0 fully saturated rings. The van der Waals surface area contributed by atoms with E-state index in [1.54, 1.807) is 0 Å². The number of rotatable bonds is 5. The van der Waals surface area contributed by atoms with Gasteiger partial charge in [-0.15, -0.1) is 0 Å². The molecule has 2 heterocycles. The molecule has 3 heteroatoms. The Balaban J connectivity index is 1.16. The van der Waals surface area contributed by atoms with E-state index in [9.17, 15) is 0 Å². The fourth-order valence-corrected chi connectivity index (χ4v) is 9.64. The van der Waals surface area contributed by atoms with Crippen molar-refractivity contribution in [2.75, 3.05) is 4.90 Å². The number of hydrogen-bond donors (Lipinski definition) is 0. The van der Waals surface area contributed by atoms with Crippen LogP contribution in [0.15, 0.2) is 197 Å². The average Bonchev–Trinajstić information content (AvgIpc) is 3.91. The van der Waals surface area contributed by atoms with Crippen LogP contribution in [-0.4, -0.2) is 0 Å². The highest BCUT2D eigenvalue weighted by molar-refractivity contribution is 6.27. The summed E-state index contributed by atoms with van der Waals surface area (Å²) in [7, 11) is 0. The number of nitrogens with zero attached hydrogens (tertiary/aromatic N) is 1. The van der Waals surface area contributed by atoms with Gasteiger partial charge in [-0.1, -0.05) is 141 Å². The van der Waals surface area contributed by atoms with Crippen molar-refractivity contribution in [2.24, 2.45) is 0 Å². The van der Waals surface area contributed by atoms with E-state index < -0.39 is 0 Å². The third kappa shape index (κ3) is 4.80. The topological polar surface area (TPSA) is 29.5 Å². The number of furan rings is 2. The van der Waals surface area contributed by atoms with Crippen molar-refractivity contribution in [3.63, 3.8) is 0 Å². The van der Waals surface area contributed by atoms with Gasteiger partial charge in [0.2, 0.25) is 0 Å². The first kappa shape index (κ1) is 32.8. The Morgan fingerprint density at radius 1 is 0.414 bits per heavy atom. The van der Waals surface area contributed by atoms with Gasteiger partial charge in [-0.25, -0.2) is 0 Å². The summed E-state index contributed by atoms with van der Waals surface area (Å²) < 4.78 is 13.5. The molecule has 1 aliphatic rings. The minimum atomic E-state index is -0.159. The van der Waals surface area contributed by atoms with E-state index in [4.69, 9.17) is 8.83 Å². The van der Waals surface area contributed by atoms with E-state index in [1.165, 1.54) is 44.2 Å². The van der Waals surface area contributed by atoms with Gasteiger partial charge in [0.05, 0.1) is 5.69 Å². The van der Waals surface area contributed by atoms with Crippen molar-refractivity contribution in [1.29, 1.82) is 0 Å². The Kier molecular flexibility index (Phi) is 6.98. The molecule has 0 aliphatic heterocycles. The summed E-state index contributed by atoms with van der Waals surface area (Å²) >= 11 is 0. The van der Waals surface area contributed by atoms with Crippen LogP contribution in [0.4, 0.5) is 17.1 Å². The molecule has 9 aromatic carbocycles. The van der Waals surface area contributed by atoms with Crippen LogP contribution < -0.4 is 4.90 Å². The first-order valence-corrected chi connectivity index (χ1v) is 20.0. The lowest BCUT2D eigenvalue weighted by Crippen LogP contribution is -2.17. The Hall–Kier alpha value is -7.36. The van der Waals surface area contributed by atoms with Crippen molar-refractivity contribution in [3.05, 3.63) is 199 Å². The Morgan fingerprint density at radius 2 is 1.07 bits per heavy atom. The molecule has 0 bridgehead atoms. The molecular formula is C55H37NO2. The van der Waals surface area contributed by atoms with Gasteiger partial charge in [0, 0.05) is 43.9 Å². The normalized spacial score (nSPS) is 13.1. The third-order valence-electron chi connectivity index (χ3n) is 12.5. The molecule has 58 heavy (non-hydrogen) atoms. The molecule has 274 valence electrons. The molecule has 3 nitrogen and oxygen atoms in total. The van der Waals surface area contributed by atoms with E-state index in [0.29, 0.717) is 0 Å². The highest BCUT2D eigenvalue weighted by Crippen LogP contribution is 2.53. The van der Waals surface area contributed by atoms with Crippen LogP contribution >= 0.6 is 0 Å². The first-order valence-electron chi connectivity index (χ1n) is 20.0. The van der Waals surface area contributed by atoms with Gasteiger partial charge >= 0.3 is 0 Å². The summed E-state index contributed by atoms with van der Waals surface area (Å²) in [5.74, 6) is 0. The summed E-state index contributed by atoms with van der Waals surface area (Å²) in [6, 6.07) is 67.7. The standard InChI is InChI=1S/C55H37NO2/c1-55(2)45-18-10-8-16-41(45)42-27-26-40(33-46(42)55)56(39-24-22-36(23-25-39)34-12-4-3-5-13-34)47-29-28-44-53-50(31-30-49-52(53)43-17-9-11-19-48(43)57-49)58-54(44)51(47)38-21-20-35-14-6-7-15-37(35)32-38/h3-33H,1-2H3. The minimum absolute atomic E-state index is 0.159. The lowest BCUT2D eigenvalue weighted by atomic mass is 9.82. The Morgan fingerprint density at radius 3 is 1.93 bits per heavy atom. The van der Waals surface area contributed by atoms with Gasteiger partial charge in [-0.2, -0.15) is 0 Å². The summed E-state index contributed by atoms with van der Waals surface area (Å²) in [6.07, 6.45) is 0. The van der Waals surface area contributed by atoms with Crippen molar-refractivity contribution in [1.82, 2.24) is 0 Å². The maximum Gasteiger partial charge on any atom is 0.145 e. The van der Waals surface area contributed by atoms with Gasteiger partial charge in [0.25, 0.3) is 0 Å². The molecule has 1 aliphatic carbocycles. The average molecular weight is 744 g/mol. The lowest BCUT2D eigenvalue weighted by molar-refractivity contribution is 0.660. The fourth-order valence-electron chi connectivity index (χ4n) is 9.64. The van der Waals surface area contributed by atoms with Crippen molar-refractivity contribution < 1.29 is 8.83 Å². The van der Waals surface area contributed by atoms with Gasteiger partial charge in [0.1, 0.15) is 22.3 Å². The van der Waals surface area contributed by atoms with E-state index in [0.717, 1.165) is 72.1 Å². The van der Waals surface area contributed by atoms with Gasteiger partial charge in [-0.05, 0) is 110 Å². The zero-order chi connectivity index (χ0) is 38.5. The smallest absolute Gasteiger partial charge is 0.145 e. The second-order valence-corrected chi connectivity index (χ2v) is 16.1. The van der Waals surface area contributed by atoms with E-state index in [1.807, 2.05) is 18.2 Å². The number of fused-ring (bicyclic) bond motifs is 11. The third-order valence-corrected chi connectivity index (χ3v) is 12.5. The molecule has 0 saturated heterocycles. The van der Waals surface area contributed by atoms with E-state index in [-0.39, 0.29) is 5.41 Å². The predicted molar refractivity (Wildman–Crippen MR) is 242 cm³/mol. The zero-order valence-electron chi connectivity index (χ0n) is 32.2. The molecular weight excluding hydrogens is 707 g/mol. The summed E-state index contributed by atoms with van der Waals surface area (Å²) in [6.45, 7) is 4.70. The Labute approximate surface area is 336 Å². The summed E-state index contributed by atoms with van der Waals surface area (Å²) in [5, 5.41) is 6.68. The summed E-state index contributed by atoms with van der Waals surface area (Å²) in [4.78, 5) is 2.42. The molecule has 2 aromatic heterocycles. The molecule has 0 atom stereocenters. The van der Waals surface area contributed by atoms with Crippen LogP contribution in [0, 0.1) is 0 Å². The van der Waals surface area contributed by atoms with Crippen molar-refractivity contribution in [2.45, 2.75) is 19.3 Å². The largest absolute Gasteiger partial charge is 0.456 e. The molecule has 0 N–H and O–H groups in total. The van der Waals surface area contributed by atoms with E-state index >= 15 is 0 Å². The minimum Gasteiger partial charge on any atom is -0.456 e. The maximum atomic E-state index is 7.10. The number of hydrogen-bond acceptors (Lipinski definition) is 3. The Bertz CT molecular complexity index is 3420. The number of anilines is 3. The highest BCUT2D eigenvalue weighted by atomic mass is 16.3. The molecule has 11 aromatic rings. The molecule has 0 unspecified atom stereocenters. The second-order valence-electron chi connectivity index (χ2n) is 16.1. The molecule has 0 saturated carbocycles. The predicted octanol–water partition coefficient (Wildman–Crippen LogP) is 15.7. The summed E-state index contributed by atoms with van der Waals surface area (Å²) in [5.41, 5.74) is 16.2. The number of para-hydroxylation sites is 1. The van der Waals surface area contributed by atoms with Crippen LogP contribution in [0.3, 0.4) is 0 Å². The van der Waals surface area contributed by atoms with Gasteiger partial charge < -0.3 is 13.7 Å². The molecule has 0 spiro atoms.